The molecule has 0 saturated carbocycles. The maximum atomic E-state index is 11.0. The Kier molecular flexibility index (Phi) is 1.27. The number of hydrogen-bond donors (Lipinski definition) is 0. The molecule has 0 saturated heterocycles. The van der Waals surface area contributed by atoms with Crippen LogP contribution in [0.5, 0.6) is 11.5 Å². The molecule has 0 unspecified atom stereocenters. The number of carbonyl (C=O) groups excluding carboxylic acids is 2. The van der Waals surface area contributed by atoms with Crippen LogP contribution in [0.2, 0.25) is 0 Å². The maximum Gasteiger partial charge on any atom is 0.315 e. The Labute approximate surface area is 79.4 Å². The Hall–Kier alpha value is -1.84. The van der Waals surface area contributed by atoms with E-state index < -0.39 is 0 Å². The first-order valence-corrected chi connectivity index (χ1v) is 4.30. The molecule has 0 aliphatic carbocycles. The van der Waals surface area contributed by atoms with E-state index in [-0.39, 0.29) is 24.8 Å². The van der Waals surface area contributed by atoms with Crippen LogP contribution in [0.15, 0.2) is 12.1 Å². The summed E-state index contributed by atoms with van der Waals surface area (Å²) >= 11 is 0. The Morgan fingerprint density at radius 1 is 1.00 bits per heavy atom. The quantitative estimate of drug-likeness (QED) is 0.444. The van der Waals surface area contributed by atoms with Gasteiger partial charge in [0, 0.05) is 11.1 Å². The van der Waals surface area contributed by atoms with Crippen molar-refractivity contribution in [1.29, 1.82) is 0 Å². The van der Waals surface area contributed by atoms with Gasteiger partial charge in [-0.1, -0.05) is 6.07 Å². The van der Waals surface area contributed by atoms with Gasteiger partial charge >= 0.3 is 11.9 Å². The minimum Gasteiger partial charge on any atom is -0.426 e. The van der Waals surface area contributed by atoms with Crippen LogP contribution >= 0.6 is 0 Å². The van der Waals surface area contributed by atoms with Gasteiger partial charge in [-0.2, -0.15) is 0 Å². The van der Waals surface area contributed by atoms with E-state index in [1.54, 1.807) is 12.1 Å². The summed E-state index contributed by atoms with van der Waals surface area (Å²) in [7, 11) is 0. The van der Waals surface area contributed by atoms with E-state index in [9.17, 15) is 9.59 Å². The molecule has 70 valence electrons. The van der Waals surface area contributed by atoms with Gasteiger partial charge in [0.25, 0.3) is 0 Å². The summed E-state index contributed by atoms with van der Waals surface area (Å²) in [6.07, 6.45) is 0.489. The van der Waals surface area contributed by atoms with Crippen LogP contribution < -0.4 is 9.47 Å². The number of hydrogen-bond acceptors (Lipinski definition) is 4. The first-order valence-electron chi connectivity index (χ1n) is 4.30. The molecule has 2 aliphatic heterocycles. The predicted molar refractivity (Wildman–Crippen MR) is 45.1 cm³/mol. The van der Waals surface area contributed by atoms with Crippen molar-refractivity contribution in [3.05, 3.63) is 23.3 Å². The SMILES string of the molecule is O=C1Cc2c(ccc3c2OC(=O)C3)O1. The fourth-order valence-electron chi connectivity index (χ4n) is 1.80. The van der Waals surface area contributed by atoms with E-state index in [0.29, 0.717) is 17.1 Å². The lowest BCUT2D eigenvalue weighted by Crippen LogP contribution is -2.02. The van der Waals surface area contributed by atoms with Crippen molar-refractivity contribution in [3.63, 3.8) is 0 Å². The van der Waals surface area contributed by atoms with E-state index in [1.807, 2.05) is 0 Å². The number of esters is 2. The summed E-state index contributed by atoms with van der Waals surface area (Å²) in [6.45, 7) is 0. The third kappa shape index (κ3) is 0.878. The maximum absolute atomic E-state index is 11.0. The highest BCUT2D eigenvalue weighted by Gasteiger charge is 2.31. The molecule has 0 N–H and O–H groups in total. The molecule has 0 atom stereocenters. The summed E-state index contributed by atoms with van der Waals surface area (Å²) in [6, 6.07) is 3.47. The Morgan fingerprint density at radius 3 is 2.64 bits per heavy atom. The highest BCUT2D eigenvalue weighted by molar-refractivity contribution is 5.87. The molecule has 3 rings (SSSR count). The average molecular weight is 190 g/mol. The van der Waals surface area contributed by atoms with Crippen molar-refractivity contribution in [2.45, 2.75) is 12.8 Å². The largest absolute Gasteiger partial charge is 0.426 e. The van der Waals surface area contributed by atoms with Crippen molar-refractivity contribution in [2.75, 3.05) is 0 Å². The van der Waals surface area contributed by atoms with E-state index in [0.717, 1.165) is 5.56 Å². The summed E-state index contributed by atoms with van der Waals surface area (Å²) in [5.74, 6) is 0.478. The number of rotatable bonds is 0. The zero-order valence-electron chi connectivity index (χ0n) is 7.20. The smallest absolute Gasteiger partial charge is 0.315 e. The molecular formula is C10H6O4. The molecular weight excluding hydrogens is 184 g/mol. The standard InChI is InChI=1S/C10H6O4/c11-8-3-5-1-2-7-6(10(5)14-8)4-9(12)13-7/h1-2H,3-4H2. The number of ether oxygens (including phenoxy) is 2. The van der Waals surface area contributed by atoms with Crippen LogP contribution in [-0.4, -0.2) is 11.9 Å². The molecule has 0 bridgehead atoms. The fraction of sp³-hybridized carbons (Fsp3) is 0.200. The molecule has 4 nitrogen and oxygen atoms in total. The second-order valence-electron chi connectivity index (χ2n) is 3.33. The normalized spacial score (nSPS) is 17.4. The number of carbonyl (C=O) groups is 2. The van der Waals surface area contributed by atoms with Gasteiger partial charge < -0.3 is 9.47 Å². The Bertz CT molecular complexity index is 418. The minimum atomic E-state index is -0.295. The topological polar surface area (TPSA) is 52.6 Å². The molecule has 0 radical (unpaired) electrons. The molecule has 2 aliphatic rings. The van der Waals surface area contributed by atoms with Crippen LogP contribution in [0, 0.1) is 0 Å². The molecule has 1 aromatic carbocycles. The lowest BCUT2D eigenvalue weighted by atomic mass is 10.1. The van der Waals surface area contributed by atoms with Gasteiger partial charge in [0.2, 0.25) is 0 Å². The molecule has 14 heavy (non-hydrogen) atoms. The third-order valence-corrected chi connectivity index (χ3v) is 2.39. The molecule has 0 fully saturated rings. The zero-order chi connectivity index (χ0) is 9.71. The molecule has 1 aromatic rings. The lowest BCUT2D eigenvalue weighted by molar-refractivity contribution is -0.133. The van der Waals surface area contributed by atoms with Crippen molar-refractivity contribution >= 4 is 11.9 Å². The van der Waals surface area contributed by atoms with E-state index in [1.165, 1.54) is 0 Å². The van der Waals surface area contributed by atoms with Gasteiger partial charge in [-0.25, -0.2) is 0 Å². The van der Waals surface area contributed by atoms with Crippen LogP contribution in [0.3, 0.4) is 0 Å². The van der Waals surface area contributed by atoms with Gasteiger partial charge in [0.05, 0.1) is 12.8 Å². The first-order chi connectivity index (χ1) is 6.74. The fourth-order valence-corrected chi connectivity index (χ4v) is 1.80. The summed E-state index contributed by atoms with van der Waals surface area (Å²) in [5, 5.41) is 0. The van der Waals surface area contributed by atoms with Gasteiger partial charge in [-0.3, -0.25) is 9.59 Å². The second-order valence-corrected chi connectivity index (χ2v) is 3.33. The molecule has 2 heterocycles. The highest BCUT2D eigenvalue weighted by Crippen LogP contribution is 2.39. The van der Waals surface area contributed by atoms with Crippen molar-refractivity contribution in [1.82, 2.24) is 0 Å². The molecule has 0 amide bonds. The third-order valence-electron chi connectivity index (χ3n) is 2.39. The Balaban J connectivity index is 2.19. The van der Waals surface area contributed by atoms with Gasteiger partial charge in [-0.15, -0.1) is 0 Å². The second kappa shape index (κ2) is 2.35. The van der Waals surface area contributed by atoms with Crippen molar-refractivity contribution < 1.29 is 19.1 Å². The van der Waals surface area contributed by atoms with Crippen molar-refractivity contribution in [2.24, 2.45) is 0 Å². The van der Waals surface area contributed by atoms with Crippen molar-refractivity contribution in [3.8, 4) is 11.5 Å². The van der Waals surface area contributed by atoms with Crippen LogP contribution in [0.25, 0.3) is 0 Å². The molecule has 0 spiro atoms. The zero-order valence-corrected chi connectivity index (χ0v) is 7.20. The number of fused-ring (bicyclic) bond motifs is 3. The van der Waals surface area contributed by atoms with Gasteiger partial charge in [-0.05, 0) is 6.07 Å². The summed E-state index contributed by atoms with van der Waals surface area (Å²) < 4.78 is 9.96. The van der Waals surface area contributed by atoms with Gasteiger partial charge in [0.15, 0.2) is 0 Å². The van der Waals surface area contributed by atoms with E-state index in [2.05, 4.69) is 0 Å². The van der Waals surface area contributed by atoms with Crippen LogP contribution in [0.1, 0.15) is 11.1 Å². The van der Waals surface area contributed by atoms with Gasteiger partial charge in [0.1, 0.15) is 11.5 Å². The van der Waals surface area contributed by atoms with E-state index in [4.69, 9.17) is 9.47 Å². The Morgan fingerprint density at radius 2 is 1.79 bits per heavy atom. The highest BCUT2D eigenvalue weighted by atomic mass is 16.6. The van der Waals surface area contributed by atoms with Crippen LogP contribution in [-0.2, 0) is 22.4 Å². The minimum absolute atomic E-state index is 0.200. The summed E-state index contributed by atoms with van der Waals surface area (Å²) in [4.78, 5) is 22.1. The number of benzene rings is 1. The summed E-state index contributed by atoms with van der Waals surface area (Å²) in [5.41, 5.74) is 1.55. The average Bonchev–Trinajstić information content (AvgIpc) is 2.65. The monoisotopic (exact) mass is 190 g/mol. The molecule has 4 heteroatoms. The van der Waals surface area contributed by atoms with E-state index >= 15 is 0 Å². The first kappa shape index (κ1) is 7.55. The predicted octanol–water partition coefficient (Wildman–Crippen LogP) is 0.610. The van der Waals surface area contributed by atoms with Crippen LogP contribution in [0.4, 0.5) is 0 Å². The molecule has 0 aromatic heterocycles. The lowest BCUT2D eigenvalue weighted by Gasteiger charge is -2.01.